The number of halogens is 1. The third-order valence-electron chi connectivity index (χ3n) is 6.54. The summed E-state index contributed by atoms with van der Waals surface area (Å²) in [6.07, 6.45) is 3.47. The lowest BCUT2D eigenvalue weighted by Gasteiger charge is -2.20. The number of methoxy groups -OCH3 is 1. The fourth-order valence-corrected chi connectivity index (χ4v) is 4.56. The van der Waals surface area contributed by atoms with Crippen molar-refractivity contribution in [2.45, 2.75) is 32.7 Å². The van der Waals surface area contributed by atoms with Gasteiger partial charge in [-0.25, -0.2) is 9.37 Å². The normalized spacial score (nSPS) is 15.3. The van der Waals surface area contributed by atoms with Gasteiger partial charge in [0.1, 0.15) is 5.82 Å². The molecule has 0 spiro atoms. The molecule has 1 N–H and O–H groups in total. The van der Waals surface area contributed by atoms with E-state index in [1.54, 1.807) is 24.4 Å². The lowest BCUT2D eigenvalue weighted by atomic mass is 9.99. The van der Waals surface area contributed by atoms with Gasteiger partial charge in [-0.2, -0.15) is 5.26 Å². The van der Waals surface area contributed by atoms with Gasteiger partial charge in [-0.05, 0) is 69.1 Å². The van der Waals surface area contributed by atoms with Gasteiger partial charge in [0.2, 0.25) is 0 Å². The minimum atomic E-state index is -0.574. The molecule has 1 atom stereocenters. The van der Waals surface area contributed by atoms with Crippen LogP contribution in [-0.4, -0.2) is 28.2 Å². The van der Waals surface area contributed by atoms with Gasteiger partial charge in [0.25, 0.3) is 5.56 Å². The Labute approximate surface area is 201 Å². The zero-order valence-corrected chi connectivity index (χ0v) is 19.7. The molecule has 4 aromatic rings. The first-order valence-corrected chi connectivity index (χ1v) is 11.4. The van der Waals surface area contributed by atoms with Crippen molar-refractivity contribution in [3.05, 3.63) is 81.4 Å². The molecule has 35 heavy (non-hydrogen) atoms. The minimum absolute atomic E-state index is 0.0902. The van der Waals surface area contributed by atoms with Crippen molar-refractivity contribution in [3.8, 4) is 28.6 Å². The van der Waals surface area contributed by atoms with Crippen molar-refractivity contribution >= 4 is 10.9 Å². The predicted octanol–water partition coefficient (Wildman–Crippen LogP) is 4.51. The third kappa shape index (κ3) is 3.94. The molecule has 8 heteroatoms. The Bertz CT molecular complexity index is 1570. The number of rotatable bonds is 4. The number of aryl methyl sites for hydroxylation is 2. The fourth-order valence-electron chi connectivity index (χ4n) is 4.56. The molecule has 1 saturated heterocycles. The summed E-state index contributed by atoms with van der Waals surface area (Å²) >= 11 is 0. The molecule has 0 saturated carbocycles. The van der Waals surface area contributed by atoms with E-state index in [1.807, 2.05) is 19.9 Å². The van der Waals surface area contributed by atoms with E-state index in [9.17, 15) is 14.4 Å². The van der Waals surface area contributed by atoms with Gasteiger partial charge in [-0.15, -0.1) is 0 Å². The molecule has 1 fully saturated rings. The fraction of sp³-hybridized carbons (Fsp3) is 0.259. The quantitative estimate of drug-likeness (QED) is 0.473. The summed E-state index contributed by atoms with van der Waals surface area (Å²) < 4.78 is 21.1. The van der Waals surface area contributed by atoms with Crippen molar-refractivity contribution in [1.82, 2.24) is 19.9 Å². The summed E-state index contributed by atoms with van der Waals surface area (Å²) in [7, 11) is 1.39. The highest BCUT2D eigenvalue weighted by Crippen LogP contribution is 2.32. The Morgan fingerprint density at radius 3 is 2.71 bits per heavy atom. The summed E-state index contributed by atoms with van der Waals surface area (Å²) in [5.74, 6) is 0.0229. The van der Waals surface area contributed by atoms with Gasteiger partial charge in [0, 0.05) is 29.1 Å². The highest BCUT2D eigenvalue weighted by molar-refractivity contribution is 5.94. The summed E-state index contributed by atoms with van der Waals surface area (Å²) in [6, 6.07) is 11.7. The number of pyridine rings is 1. The van der Waals surface area contributed by atoms with E-state index in [0.29, 0.717) is 28.2 Å². The van der Waals surface area contributed by atoms with Crippen molar-refractivity contribution in [3.63, 3.8) is 0 Å². The molecule has 0 aliphatic carbocycles. The first kappa shape index (κ1) is 22.7. The number of hydrogen-bond acceptors (Lipinski definition) is 6. The van der Waals surface area contributed by atoms with Crippen LogP contribution in [0.2, 0.25) is 0 Å². The molecule has 7 nitrogen and oxygen atoms in total. The van der Waals surface area contributed by atoms with Crippen LogP contribution in [-0.2, 0) is 0 Å². The number of hydrogen-bond donors (Lipinski definition) is 1. The summed E-state index contributed by atoms with van der Waals surface area (Å²) in [4.78, 5) is 23.4. The van der Waals surface area contributed by atoms with Crippen molar-refractivity contribution in [1.29, 1.82) is 5.26 Å². The van der Waals surface area contributed by atoms with E-state index in [0.717, 1.165) is 36.2 Å². The van der Waals surface area contributed by atoms with Crippen LogP contribution in [0.1, 0.15) is 41.5 Å². The smallest absolute Gasteiger partial charge is 0.266 e. The van der Waals surface area contributed by atoms with Gasteiger partial charge in [0.05, 0.1) is 41.4 Å². The maximum atomic E-state index is 14.6. The molecular weight excluding hydrogens is 445 g/mol. The number of benzene rings is 2. The van der Waals surface area contributed by atoms with Gasteiger partial charge in [-0.3, -0.25) is 14.3 Å². The lowest BCUT2D eigenvalue weighted by molar-refractivity contribution is 0.386. The highest BCUT2D eigenvalue weighted by Gasteiger charge is 2.26. The van der Waals surface area contributed by atoms with Crippen molar-refractivity contribution in [2.75, 3.05) is 13.7 Å². The molecule has 0 amide bonds. The molecular formula is C27H24FN5O2. The number of aromatic nitrogens is 3. The molecule has 1 aliphatic heterocycles. The number of nitrogens with one attached hydrogen (secondary N) is 1. The highest BCUT2D eigenvalue weighted by atomic mass is 19.1. The van der Waals surface area contributed by atoms with Crippen LogP contribution in [0.3, 0.4) is 0 Å². The Morgan fingerprint density at radius 1 is 1.23 bits per heavy atom. The molecule has 0 bridgehead atoms. The summed E-state index contributed by atoms with van der Waals surface area (Å²) in [5.41, 5.74) is 4.16. The van der Waals surface area contributed by atoms with Crippen LogP contribution < -0.4 is 15.6 Å². The minimum Gasteiger partial charge on any atom is -0.494 e. The molecule has 1 aliphatic rings. The van der Waals surface area contributed by atoms with Crippen LogP contribution in [0.5, 0.6) is 5.75 Å². The van der Waals surface area contributed by atoms with Crippen molar-refractivity contribution in [2.24, 2.45) is 0 Å². The summed E-state index contributed by atoms with van der Waals surface area (Å²) in [6.45, 7) is 4.70. The second-order valence-corrected chi connectivity index (χ2v) is 8.74. The third-order valence-corrected chi connectivity index (χ3v) is 6.54. The zero-order chi connectivity index (χ0) is 24.7. The largest absolute Gasteiger partial charge is 0.494 e. The SMILES string of the molecule is COc1ccc(-n2c(C3CCCN3)nc3c(-c4cnc(C)c(C)c4)cc(C#N)cc3c2=O)cc1F. The van der Waals surface area contributed by atoms with Crippen LogP contribution in [0.25, 0.3) is 27.7 Å². The van der Waals surface area contributed by atoms with E-state index in [-0.39, 0.29) is 22.7 Å². The molecule has 176 valence electrons. The Balaban J connectivity index is 1.86. The molecule has 1 unspecified atom stereocenters. The van der Waals surface area contributed by atoms with Crippen LogP contribution in [0, 0.1) is 31.0 Å². The molecule has 3 heterocycles. The van der Waals surface area contributed by atoms with E-state index in [1.165, 1.54) is 23.8 Å². The maximum Gasteiger partial charge on any atom is 0.266 e. The number of nitrogens with zero attached hydrogens (tertiary/aromatic N) is 4. The van der Waals surface area contributed by atoms with Gasteiger partial charge in [-0.1, -0.05) is 0 Å². The first-order chi connectivity index (χ1) is 16.9. The second kappa shape index (κ2) is 8.93. The second-order valence-electron chi connectivity index (χ2n) is 8.74. The van der Waals surface area contributed by atoms with Crippen LogP contribution in [0.15, 0.2) is 47.4 Å². The van der Waals surface area contributed by atoms with Gasteiger partial charge >= 0.3 is 0 Å². The van der Waals surface area contributed by atoms with Gasteiger partial charge < -0.3 is 10.1 Å². The lowest BCUT2D eigenvalue weighted by Crippen LogP contribution is -2.29. The summed E-state index contributed by atoms with van der Waals surface area (Å²) in [5, 5.41) is 13.4. The topological polar surface area (TPSA) is 92.8 Å². The Morgan fingerprint density at radius 2 is 2.06 bits per heavy atom. The van der Waals surface area contributed by atoms with Crippen LogP contribution >= 0.6 is 0 Å². The van der Waals surface area contributed by atoms with Gasteiger partial charge in [0.15, 0.2) is 11.6 Å². The van der Waals surface area contributed by atoms with Crippen molar-refractivity contribution < 1.29 is 9.13 Å². The Hall–Kier alpha value is -4.09. The molecule has 5 rings (SSSR count). The van der Waals surface area contributed by atoms with E-state index in [2.05, 4.69) is 16.4 Å². The maximum absolute atomic E-state index is 14.6. The van der Waals surface area contributed by atoms with E-state index < -0.39 is 5.82 Å². The molecule has 2 aromatic heterocycles. The number of nitriles is 1. The first-order valence-electron chi connectivity index (χ1n) is 11.4. The average Bonchev–Trinajstić information content (AvgIpc) is 3.40. The zero-order valence-electron chi connectivity index (χ0n) is 19.7. The molecule has 2 aromatic carbocycles. The standard InChI is InChI=1S/C27H24FN5O2/c1-15-9-18(14-31-16(15)2)20-10-17(13-29)11-21-25(20)32-26(23-5-4-8-30-23)33(27(21)34)19-6-7-24(35-3)22(28)12-19/h6-7,9-12,14,23,30H,4-5,8H2,1-3H3. The number of fused-ring (bicyclic) bond motifs is 1. The number of ether oxygens (including phenoxy) is 1. The monoisotopic (exact) mass is 469 g/mol. The predicted molar refractivity (Wildman–Crippen MR) is 131 cm³/mol. The van der Waals surface area contributed by atoms with E-state index in [4.69, 9.17) is 9.72 Å². The van der Waals surface area contributed by atoms with E-state index >= 15 is 0 Å². The van der Waals surface area contributed by atoms with Crippen LogP contribution in [0.4, 0.5) is 4.39 Å². The Kier molecular flexibility index (Phi) is 5.79. The molecule has 0 radical (unpaired) electrons. The average molecular weight is 470 g/mol.